The van der Waals surface area contributed by atoms with Crippen molar-refractivity contribution in [2.45, 2.75) is 26.8 Å². The number of benzene rings is 2. The number of rotatable bonds is 6. The van der Waals surface area contributed by atoms with Gasteiger partial charge in [0.15, 0.2) is 0 Å². The standard InChI is InChI=1S/C22H22N4OS/c1-15-9-10-18-14-24-26(19(18)13-15)12-6-11-23-22(27)21-20(25-16(2)28-21)17-7-4-3-5-8-17/h3-5,7-10,13-14H,6,11-12H2,1-2H3,(H,23,27). The fourth-order valence-electron chi connectivity index (χ4n) is 3.24. The van der Waals surface area contributed by atoms with E-state index < -0.39 is 0 Å². The Balaban J connectivity index is 1.39. The summed E-state index contributed by atoms with van der Waals surface area (Å²) in [4.78, 5) is 17.9. The van der Waals surface area contributed by atoms with Gasteiger partial charge in [-0.1, -0.05) is 42.5 Å². The molecule has 0 bridgehead atoms. The molecule has 0 aliphatic carbocycles. The van der Waals surface area contributed by atoms with Gasteiger partial charge in [0, 0.05) is 24.0 Å². The van der Waals surface area contributed by atoms with Crippen LogP contribution in [0.3, 0.4) is 0 Å². The van der Waals surface area contributed by atoms with Crippen LogP contribution in [0.15, 0.2) is 54.7 Å². The first-order chi connectivity index (χ1) is 13.6. The lowest BCUT2D eigenvalue weighted by molar-refractivity contribution is 0.0957. The average Bonchev–Trinajstić information content (AvgIpc) is 3.29. The summed E-state index contributed by atoms with van der Waals surface area (Å²) in [5.74, 6) is -0.0642. The van der Waals surface area contributed by atoms with Crippen LogP contribution in [0.2, 0.25) is 0 Å². The SMILES string of the molecule is Cc1ccc2cnn(CCCNC(=O)c3sc(C)nc3-c3ccccc3)c2c1. The van der Waals surface area contributed by atoms with Gasteiger partial charge in [0.2, 0.25) is 0 Å². The molecule has 0 spiro atoms. The number of nitrogens with one attached hydrogen (secondary N) is 1. The molecule has 142 valence electrons. The molecule has 28 heavy (non-hydrogen) atoms. The van der Waals surface area contributed by atoms with Crippen LogP contribution in [0, 0.1) is 13.8 Å². The van der Waals surface area contributed by atoms with E-state index in [0.29, 0.717) is 11.4 Å². The number of hydrogen-bond acceptors (Lipinski definition) is 4. The lowest BCUT2D eigenvalue weighted by Crippen LogP contribution is -2.25. The van der Waals surface area contributed by atoms with Crippen molar-refractivity contribution in [3.63, 3.8) is 0 Å². The summed E-state index contributed by atoms with van der Waals surface area (Å²) in [5.41, 5.74) is 4.08. The highest BCUT2D eigenvalue weighted by molar-refractivity contribution is 7.14. The number of fused-ring (bicyclic) bond motifs is 1. The van der Waals surface area contributed by atoms with Crippen molar-refractivity contribution in [2.24, 2.45) is 0 Å². The van der Waals surface area contributed by atoms with E-state index in [-0.39, 0.29) is 5.91 Å². The molecule has 2 heterocycles. The van der Waals surface area contributed by atoms with E-state index in [2.05, 4.69) is 40.5 Å². The Morgan fingerprint density at radius 2 is 1.96 bits per heavy atom. The molecule has 2 aromatic heterocycles. The third-order valence-electron chi connectivity index (χ3n) is 4.62. The Bertz CT molecular complexity index is 1110. The highest BCUT2D eigenvalue weighted by Gasteiger charge is 2.17. The Morgan fingerprint density at radius 3 is 2.79 bits per heavy atom. The number of carbonyl (C=O) groups is 1. The van der Waals surface area contributed by atoms with E-state index in [1.54, 1.807) is 0 Å². The van der Waals surface area contributed by atoms with E-state index in [1.165, 1.54) is 16.9 Å². The number of nitrogens with zero attached hydrogens (tertiary/aromatic N) is 3. The maximum Gasteiger partial charge on any atom is 0.263 e. The average molecular weight is 391 g/mol. The van der Waals surface area contributed by atoms with Crippen LogP contribution in [-0.4, -0.2) is 27.2 Å². The molecule has 1 N–H and O–H groups in total. The minimum atomic E-state index is -0.0642. The molecule has 4 rings (SSSR count). The van der Waals surface area contributed by atoms with E-state index in [0.717, 1.165) is 40.1 Å². The van der Waals surface area contributed by atoms with Crippen LogP contribution >= 0.6 is 11.3 Å². The maximum atomic E-state index is 12.7. The van der Waals surface area contributed by atoms with Gasteiger partial charge in [-0.05, 0) is 31.9 Å². The smallest absolute Gasteiger partial charge is 0.263 e. The van der Waals surface area contributed by atoms with Crippen molar-refractivity contribution in [1.82, 2.24) is 20.1 Å². The van der Waals surface area contributed by atoms with Gasteiger partial charge in [-0.25, -0.2) is 4.98 Å². The van der Waals surface area contributed by atoms with Crippen molar-refractivity contribution < 1.29 is 4.79 Å². The summed E-state index contributed by atoms with van der Waals surface area (Å²) in [6, 6.07) is 16.2. The fourth-order valence-corrected chi connectivity index (χ4v) is 4.10. The fraction of sp³-hybridized carbons (Fsp3) is 0.227. The van der Waals surface area contributed by atoms with Gasteiger partial charge in [0.25, 0.3) is 5.91 Å². The molecule has 0 aliphatic heterocycles. The first-order valence-electron chi connectivity index (χ1n) is 9.35. The van der Waals surface area contributed by atoms with Crippen LogP contribution in [0.1, 0.15) is 26.7 Å². The summed E-state index contributed by atoms with van der Waals surface area (Å²) < 4.78 is 2.00. The van der Waals surface area contributed by atoms with E-state index >= 15 is 0 Å². The van der Waals surface area contributed by atoms with Crippen molar-refractivity contribution in [3.8, 4) is 11.3 Å². The Hall–Kier alpha value is -2.99. The summed E-state index contributed by atoms with van der Waals surface area (Å²) >= 11 is 1.44. The molecule has 0 radical (unpaired) electrons. The second-order valence-electron chi connectivity index (χ2n) is 6.82. The van der Waals surface area contributed by atoms with E-state index in [9.17, 15) is 4.79 Å². The van der Waals surface area contributed by atoms with Crippen molar-refractivity contribution >= 4 is 28.1 Å². The first-order valence-corrected chi connectivity index (χ1v) is 10.2. The monoisotopic (exact) mass is 390 g/mol. The third-order valence-corrected chi connectivity index (χ3v) is 5.59. The molecule has 0 saturated carbocycles. The van der Waals surface area contributed by atoms with Crippen molar-refractivity contribution in [3.05, 3.63) is 70.2 Å². The van der Waals surface area contributed by atoms with Crippen molar-refractivity contribution in [1.29, 1.82) is 0 Å². The molecule has 0 aliphatic rings. The van der Waals surface area contributed by atoms with Gasteiger partial charge in [-0.15, -0.1) is 11.3 Å². The van der Waals surface area contributed by atoms with E-state index in [4.69, 9.17) is 0 Å². The topological polar surface area (TPSA) is 59.8 Å². The number of carbonyl (C=O) groups excluding carboxylic acids is 1. The normalized spacial score (nSPS) is 11.1. The zero-order valence-corrected chi connectivity index (χ0v) is 16.8. The molecule has 0 atom stereocenters. The molecule has 0 unspecified atom stereocenters. The predicted molar refractivity (Wildman–Crippen MR) is 114 cm³/mol. The lowest BCUT2D eigenvalue weighted by atomic mass is 10.1. The molecule has 0 saturated heterocycles. The number of thiazole rings is 1. The highest BCUT2D eigenvalue weighted by Crippen LogP contribution is 2.27. The van der Waals surface area contributed by atoms with Gasteiger partial charge >= 0.3 is 0 Å². The molecule has 6 heteroatoms. The first kappa shape index (κ1) is 18.4. The van der Waals surface area contributed by atoms with Crippen LogP contribution in [0.5, 0.6) is 0 Å². The number of aromatic nitrogens is 3. The summed E-state index contributed by atoms with van der Waals surface area (Å²) in [6.45, 7) is 5.37. The molecule has 1 amide bonds. The quantitative estimate of drug-likeness (QED) is 0.490. The zero-order valence-electron chi connectivity index (χ0n) is 16.0. The Morgan fingerprint density at radius 1 is 1.14 bits per heavy atom. The third kappa shape index (κ3) is 3.82. The van der Waals surface area contributed by atoms with Crippen LogP contribution in [0.25, 0.3) is 22.2 Å². The summed E-state index contributed by atoms with van der Waals surface area (Å²) in [7, 11) is 0. The predicted octanol–water partition coefficient (Wildman–Crippen LogP) is 4.60. The summed E-state index contributed by atoms with van der Waals surface area (Å²) in [6.07, 6.45) is 2.70. The number of amides is 1. The second kappa shape index (κ2) is 7.94. The molecule has 4 aromatic rings. The molecular formula is C22H22N4OS. The molecule has 0 fully saturated rings. The minimum absolute atomic E-state index is 0.0642. The van der Waals surface area contributed by atoms with Crippen LogP contribution in [-0.2, 0) is 6.54 Å². The molecule has 5 nitrogen and oxygen atoms in total. The van der Waals surface area contributed by atoms with Crippen molar-refractivity contribution in [2.75, 3.05) is 6.54 Å². The lowest BCUT2D eigenvalue weighted by Gasteiger charge is -2.07. The van der Waals surface area contributed by atoms with Gasteiger partial charge < -0.3 is 5.32 Å². The van der Waals surface area contributed by atoms with Gasteiger partial charge in [-0.3, -0.25) is 9.48 Å². The number of aryl methyl sites for hydroxylation is 3. The second-order valence-corrected chi connectivity index (χ2v) is 8.02. The summed E-state index contributed by atoms with van der Waals surface area (Å²) in [5, 5.41) is 9.53. The van der Waals surface area contributed by atoms with Gasteiger partial charge in [-0.2, -0.15) is 5.10 Å². The van der Waals surface area contributed by atoms with Gasteiger partial charge in [0.1, 0.15) is 4.88 Å². The molecule has 2 aromatic carbocycles. The van der Waals surface area contributed by atoms with Crippen LogP contribution in [0.4, 0.5) is 0 Å². The Labute approximate surface area is 168 Å². The Kier molecular flexibility index (Phi) is 5.21. The zero-order chi connectivity index (χ0) is 19.5. The largest absolute Gasteiger partial charge is 0.351 e. The number of hydrogen-bond donors (Lipinski definition) is 1. The maximum absolute atomic E-state index is 12.7. The van der Waals surface area contributed by atoms with Gasteiger partial charge in [0.05, 0.1) is 22.4 Å². The van der Waals surface area contributed by atoms with E-state index in [1.807, 2.05) is 48.1 Å². The van der Waals surface area contributed by atoms with Crippen LogP contribution < -0.4 is 5.32 Å². The highest BCUT2D eigenvalue weighted by atomic mass is 32.1. The molecular weight excluding hydrogens is 368 g/mol. The minimum Gasteiger partial charge on any atom is -0.351 e.